The number of aromatic nitrogens is 5. The first-order valence-electron chi connectivity index (χ1n) is 9.98. The van der Waals surface area contributed by atoms with Gasteiger partial charge in [0.15, 0.2) is 0 Å². The van der Waals surface area contributed by atoms with Gasteiger partial charge in [0.25, 0.3) is 0 Å². The summed E-state index contributed by atoms with van der Waals surface area (Å²) >= 11 is 0. The second-order valence-corrected chi connectivity index (χ2v) is 7.81. The zero-order valence-corrected chi connectivity index (χ0v) is 17.5. The average Bonchev–Trinajstić information content (AvgIpc) is 3.34. The molecular weight excluding hydrogens is 396 g/mol. The molecular formula is C22H22N6O3. The van der Waals surface area contributed by atoms with E-state index in [1.54, 1.807) is 18.0 Å². The van der Waals surface area contributed by atoms with Crippen molar-refractivity contribution >= 4 is 17.1 Å². The van der Waals surface area contributed by atoms with Crippen molar-refractivity contribution in [1.82, 2.24) is 29.9 Å². The van der Waals surface area contributed by atoms with Crippen LogP contribution >= 0.6 is 0 Å². The normalized spacial score (nSPS) is 14.1. The molecule has 1 aliphatic heterocycles. The van der Waals surface area contributed by atoms with E-state index in [1.807, 2.05) is 24.4 Å². The maximum absolute atomic E-state index is 11.0. The van der Waals surface area contributed by atoms with E-state index < -0.39 is 6.09 Å². The zero-order valence-electron chi connectivity index (χ0n) is 17.5. The molecule has 0 radical (unpaired) electrons. The standard InChI is InChI=1S/C22H22N6O3/c1-12-5-4-6-16(13(12)2)20-18(31-3)7-17-21(24-20)19(26-25-17)14-8-23-28(9-14)15-10-27(11-15)22(29)30/h4-9,15H,10-11H2,1-3H3,(H,25,26)(H,29,30). The van der Waals surface area contributed by atoms with Crippen LogP contribution in [0, 0.1) is 13.8 Å². The average molecular weight is 418 g/mol. The summed E-state index contributed by atoms with van der Waals surface area (Å²) in [5.41, 5.74) is 7.15. The van der Waals surface area contributed by atoms with Crippen molar-refractivity contribution in [2.24, 2.45) is 0 Å². The highest BCUT2D eigenvalue weighted by Gasteiger charge is 2.32. The Morgan fingerprint density at radius 3 is 2.81 bits per heavy atom. The Bertz CT molecular complexity index is 1300. The summed E-state index contributed by atoms with van der Waals surface area (Å²) in [7, 11) is 1.64. The lowest BCUT2D eigenvalue weighted by Crippen LogP contribution is -2.50. The molecule has 1 aliphatic rings. The summed E-state index contributed by atoms with van der Waals surface area (Å²) in [6.45, 7) is 5.02. The number of rotatable bonds is 4. The van der Waals surface area contributed by atoms with E-state index in [2.05, 4.69) is 35.2 Å². The van der Waals surface area contributed by atoms with E-state index in [-0.39, 0.29) is 6.04 Å². The van der Waals surface area contributed by atoms with Crippen LogP contribution in [0.25, 0.3) is 33.5 Å². The van der Waals surface area contributed by atoms with Crippen LogP contribution in [0.4, 0.5) is 4.79 Å². The molecule has 5 rings (SSSR count). The number of amides is 1. The van der Waals surface area contributed by atoms with Crippen molar-refractivity contribution in [3.8, 4) is 28.3 Å². The van der Waals surface area contributed by atoms with Crippen LogP contribution in [0.1, 0.15) is 17.2 Å². The summed E-state index contributed by atoms with van der Waals surface area (Å²) in [4.78, 5) is 17.3. The second-order valence-electron chi connectivity index (χ2n) is 7.81. The van der Waals surface area contributed by atoms with Gasteiger partial charge in [0.2, 0.25) is 0 Å². The van der Waals surface area contributed by atoms with Crippen LogP contribution in [0.15, 0.2) is 36.7 Å². The summed E-state index contributed by atoms with van der Waals surface area (Å²) in [5, 5.41) is 21.0. The van der Waals surface area contributed by atoms with E-state index in [0.29, 0.717) is 24.5 Å². The van der Waals surface area contributed by atoms with Crippen molar-refractivity contribution in [3.05, 3.63) is 47.8 Å². The van der Waals surface area contributed by atoms with Gasteiger partial charge < -0.3 is 14.7 Å². The lowest BCUT2D eigenvalue weighted by atomic mass is 9.99. The van der Waals surface area contributed by atoms with E-state index in [1.165, 1.54) is 10.5 Å². The number of benzene rings is 1. The Labute approximate surface area is 178 Å². The van der Waals surface area contributed by atoms with Gasteiger partial charge in [0.05, 0.1) is 24.9 Å². The number of carbonyl (C=O) groups is 1. The number of H-pyrrole nitrogens is 1. The monoisotopic (exact) mass is 418 g/mol. The number of carboxylic acid groups (broad SMARTS) is 1. The van der Waals surface area contributed by atoms with Gasteiger partial charge in [-0.2, -0.15) is 10.2 Å². The molecule has 1 saturated heterocycles. The predicted octanol–water partition coefficient (Wildman–Crippen LogP) is 3.65. The minimum absolute atomic E-state index is 0.0358. The highest BCUT2D eigenvalue weighted by Crippen LogP contribution is 2.36. The van der Waals surface area contributed by atoms with Crippen molar-refractivity contribution in [2.45, 2.75) is 19.9 Å². The summed E-state index contributed by atoms with van der Waals surface area (Å²) in [6, 6.07) is 8.09. The van der Waals surface area contributed by atoms with Gasteiger partial charge in [-0.15, -0.1) is 0 Å². The number of nitrogens with zero attached hydrogens (tertiary/aromatic N) is 5. The van der Waals surface area contributed by atoms with Crippen molar-refractivity contribution in [1.29, 1.82) is 0 Å². The number of methoxy groups -OCH3 is 1. The van der Waals surface area contributed by atoms with Gasteiger partial charge in [-0.05, 0) is 25.0 Å². The number of aryl methyl sites for hydroxylation is 1. The molecule has 0 bridgehead atoms. The molecule has 158 valence electrons. The van der Waals surface area contributed by atoms with E-state index >= 15 is 0 Å². The third-order valence-corrected chi connectivity index (χ3v) is 5.96. The number of likely N-dealkylation sites (tertiary alicyclic amines) is 1. The van der Waals surface area contributed by atoms with Gasteiger partial charge in [0.1, 0.15) is 22.7 Å². The first kappa shape index (κ1) is 19.1. The fourth-order valence-electron chi connectivity index (χ4n) is 3.93. The van der Waals surface area contributed by atoms with Gasteiger partial charge in [-0.25, -0.2) is 9.78 Å². The number of nitrogens with one attached hydrogen (secondary N) is 1. The Morgan fingerprint density at radius 2 is 2.06 bits per heavy atom. The molecule has 0 saturated carbocycles. The molecule has 0 aliphatic carbocycles. The lowest BCUT2D eigenvalue weighted by Gasteiger charge is -2.36. The molecule has 0 atom stereocenters. The molecule has 1 amide bonds. The summed E-state index contributed by atoms with van der Waals surface area (Å²) < 4.78 is 7.42. The van der Waals surface area contributed by atoms with Crippen LogP contribution in [0.2, 0.25) is 0 Å². The molecule has 9 nitrogen and oxygen atoms in total. The largest absolute Gasteiger partial charge is 0.494 e. The van der Waals surface area contributed by atoms with Crippen LogP contribution in [-0.2, 0) is 0 Å². The van der Waals surface area contributed by atoms with Crippen molar-refractivity contribution < 1.29 is 14.6 Å². The highest BCUT2D eigenvalue weighted by atomic mass is 16.5. The molecule has 4 heterocycles. The fourth-order valence-corrected chi connectivity index (χ4v) is 3.93. The van der Waals surface area contributed by atoms with Crippen molar-refractivity contribution in [2.75, 3.05) is 20.2 Å². The van der Waals surface area contributed by atoms with E-state index in [4.69, 9.17) is 14.8 Å². The van der Waals surface area contributed by atoms with E-state index in [9.17, 15) is 4.79 Å². The zero-order chi connectivity index (χ0) is 21.7. The number of ether oxygens (including phenoxy) is 1. The minimum Gasteiger partial charge on any atom is -0.494 e. The maximum atomic E-state index is 11.0. The molecule has 1 aromatic carbocycles. The molecule has 0 spiro atoms. The third-order valence-electron chi connectivity index (χ3n) is 5.96. The smallest absolute Gasteiger partial charge is 0.407 e. The lowest BCUT2D eigenvalue weighted by molar-refractivity contribution is 0.0812. The number of aromatic amines is 1. The highest BCUT2D eigenvalue weighted by molar-refractivity contribution is 5.92. The van der Waals surface area contributed by atoms with Crippen LogP contribution in [-0.4, -0.2) is 61.3 Å². The number of fused-ring (bicyclic) bond motifs is 1. The Hall–Kier alpha value is -3.88. The third kappa shape index (κ3) is 3.09. The first-order valence-corrected chi connectivity index (χ1v) is 9.98. The fraction of sp³-hybridized carbons (Fsp3) is 0.273. The maximum Gasteiger partial charge on any atom is 0.407 e. The number of hydrogen-bond acceptors (Lipinski definition) is 5. The van der Waals surface area contributed by atoms with Gasteiger partial charge in [0, 0.05) is 36.5 Å². The van der Waals surface area contributed by atoms with Crippen LogP contribution in [0.5, 0.6) is 5.75 Å². The first-order chi connectivity index (χ1) is 15.0. The Morgan fingerprint density at radius 1 is 1.26 bits per heavy atom. The minimum atomic E-state index is -0.904. The Balaban J connectivity index is 1.56. The summed E-state index contributed by atoms with van der Waals surface area (Å²) in [6.07, 6.45) is 2.73. The van der Waals surface area contributed by atoms with E-state index in [0.717, 1.165) is 33.4 Å². The molecule has 0 unspecified atom stereocenters. The Kier molecular flexibility index (Phi) is 4.39. The quantitative estimate of drug-likeness (QED) is 0.524. The van der Waals surface area contributed by atoms with Crippen molar-refractivity contribution in [3.63, 3.8) is 0 Å². The molecule has 3 aromatic heterocycles. The molecule has 2 N–H and O–H groups in total. The number of pyridine rings is 1. The molecule has 9 heteroatoms. The molecule has 1 fully saturated rings. The summed E-state index contributed by atoms with van der Waals surface area (Å²) in [5.74, 6) is 0.676. The van der Waals surface area contributed by atoms with Crippen LogP contribution < -0.4 is 4.74 Å². The SMILES string of the molecule is COc1cc2[nH]nc(-c3cnn(C4CN(C(=O)O)C4)c3)c2nc1-c1cccc(C)c1C. The van der Waals surface area contributed by atoms with Gasteiger partial charge in [-0.1, -0.05) is 18.2 Å². The van der Waals surface area contributed by atoms with Gasteiger partial charge in [-0.3, -0.25) is 9.78 Å². The molecule has 31 heavy (non-hydrogen) atoms. The number of hydrogen-bond donors (Lipinski definition) is 2. The predicted molar refractivity (Wildman–Crippen MR) is 115 cm³/mol. The second kappa shape index (κ2) is 7.12. The van der Waals surface area contributed by atoms with Gasteiger partial charge >= 0.3 is 6.09 Å². The molecule has 4 aromatic rings. The van der Waals surface area contributed by atoms with Crippen LogP contribution in [0.3, 0.4) is 0 Å². The topological polar surface area (TPSA) is 109 Å².